The molecule has 2 aromatic heterocycles. The Morgan fingerprint density at radius 1 is 1.32 bits per heavy atom. The highest BCUT2D eigenvalue weighted by Crippen LogP contribution is 2.38. The summed E-state index contributed by atoms with van der Waals surface area (Å²) in [5, 5.41) is 36.0. The molecule has 11 heteroatoms. The van der Waals surface area contributed by atoms with Crippen LogP contribution < -0.4 is 15.4 Å². The molecule has 10 nitrogen and oxygen atoms in total. The molecule has 1 atom stereocenters. The van der Waals surface area contributed by atoms with Crippen LogP contribution in [0.15, 0.2) is 24.4 Å². The van der Waals surface area contributed by atoms with E-state index in [1.54, 1.807) is 16.8 Å². The number of aromatic nitrogens is 1. The van der Waals surface area contributed by atoms with Crippen molar-refractivity contribution >= 4 is 45.0 Å². The Balaban J connectivity index is 1.62. The summed E-state index contributed by atoms with van der Waals surface area (Å²) in [4.78, 5) is 34.9. The van der Waals surface area contributed by atoms with Gasteiger partial charge in [0.15, 0.2) is 0 Å². The number of carbonyl (C=O) groups is 3. The zero-order valence-electron chi connectivity index (χ0n) is 16.3. The zero-order chi connectivity index (χ0) is 22.3. The van der Waals surface area contributed by atoms with Crippen LogP contribution in [0, 0.1) is 0 Å². The first kappa shape index (κ1) is 20.7. The van der Waals surface area contributed by atoms with E-state index in [2.05, 4.69) is 10.6 Å². The van der Waals surface area contributed by atoms with Gasteiger partial charge in [0.25, 0.3) is 0 Å². The first-order valence-electron chi connectivity index (χ1n) is 9.30. The van der Waals surface area contributed by atoms with Crippen molar-refractivity contribution in [3.05, 3.63) is 40.4 Å². The van der Waals surface area contributed by atoms with Crippen molar-refractivity contribution in [1.82, 2.24) is 9.88 Å². The van der Waals surface area contributed by atoms with Crippen LogP contribution in [-0.2, 0) is 29.1 Å². The SMILES string of the molecule is COc1cccc2cn(C[C@H]3Cc4c(sc(NC(=O)C(=O)O)c4C(=O)O)CN3)c(O)c12. The number of carboxylic acids is 2. The number of nitrogens with one attached hydrogen (secondary N) is 2. The number of methoxy groups -OCH3 is 1. The Hall–Kier alpha value is -3.57. The smallest absolute Gasteiger partial charge is 0.394 e. The lowest BCUT2D eigenvalue weighted by Gasteiger charge is -2.25. The predicted molar refractivity (Wildman–Crippen MR) is 112 cm³/mol. The minimum atomic E-state index is -1.69. The average Bonchev–Trinajstić information content (AvgIpc) is 3.24. The summed E-state index contributed by atoms with van der Waals surface area (Å²) in [5.41, 5.74) is 0.459. The summed E-state index contributed by atoms with van der Waals surface area (Å²) < 4.78 is 7.00. The number of hydrogen-bond donors (Lipinski definition) is 5. The van der Waals surface area contributed by atoms with Gasteiger partial charge in [-0.15, -0.1) is 11.3 Å². The molecule has 31 heavy (non-hydrogen) atoms. The highest BCUT2D eigenvalue weighted by molar-refractivity contribution is 7.17. The lowest BCUT2D eigenvalue weighted by Crippen LogP contribution is -2.38. The number of amides is 1. The molecule has 0 unspecified atom stereocenters. The van der Waals surface area contributed by atoms with Gasteiger partial charge in [-0.3, -0.25) is 4.79 Å². The maximum atomic E-state index is 11.8. The summed E-state index contributed by atoms with van der Waals surface area (Å²) in [5.74, 6) is -3.61. The number of nitrogens with zero attached hydrogens (tertiary/aromatic N) is 1. The number of fused-ring (bicyclic) bond motifs is 2. The summed E-state index contributed by atoms with van der Waals surface area (Å²) in [7, 11) is 1.53. The van der Waals surface area contributed by atoms with Crippen LogP contribution in [0.4, 0.5) is 5.00 Å². The van der Waals surface area contributed by atoms with E-state index in [4.69, 9.17) is 9.84 Å². The second-order valence-electron chi connectivity index (χ2n) is 7.08. The topological polar surface area (TPSA) is 150 Å². The van der Waals surface area contributed by atoms with E-state index in [-0.39, 0.29) is 22.5 Å². The molecule has 3 heterocycles. The number of carboxylic acid groups (broad SMARTS) is 2. The van der Waals surface area contributed by atoms with E-state index in [0.717, 1.165) is 21.6 Å². The molecule has 1 aromatic carbocycles. The van der Waals surface area contributed by atoms with Crippen molar-refractivity contribution in [2.24, 2.45) is 0 Å². The molecule has 0 aliphatic carbocycles. The van der Waals surface area contributed by atoms with Crippen molar-refractivity contribution in [1.29, 1.82) is 0 Å². The van der Waals surface area contributed by atoms with E-state index in [1.807, 2.05) is 12.1 Å². The number of hydrogen-bond acceptors (Lipinski definition) is 7. The second-order valence-corrected chi connectivity index (χ2v) is 8.19. The van der Waals surface area contributed by atoms with Gasteiger partial charge in [-0.25, -0.2) is 9.59 Å². The van der Waals surface area contributed by atoms with Gasteiger partial charge in [0.1, 0.15) is 10.8 Å². The Morgan fingerprint density at radius 2 is 2.10 bits per heavy atom. The molecule has 162 valence electrons. The fourth-order valence-corrected chi connectivity index (χ4v) is 5.01. The number of aromatic carboxylic acids is 1. The largest absolute Gasteiger partial charge is 0.496 e. The molecule has 0 spiro atoms. The molecule has 5 N–H and O–H groups in total. The van der Waals surface area contributed by atoms with Crippen molar-refractivity contribution in [2.75, 3.05) is 12.4 Å². The van der Waals surface area contributed by atoms with Gasteiger partial charge in [-0.1, -0.05) is 12.1 Å². The van der Waals surface area contributed by atoms with Crippen LogP contribution in [0.2, 0.25) is 0 Å². The summed E-state index contributed by atoms with van der Waals surface area (Å²) in [6, 6.07) is 5.25. The molecule has 3 aromatic rings. The van der Waals surface area contributed by atoms with Crippen molar-refractivity contribution < 1.29 is 34.4 Å². The van der Waals surface area contributed by atoms with Crippen LogP contribution in [0.1, 0.15) is 20.8 Å². The fraction of sp³-hybridized carbons (Fsp3) is 0.250. The van der Waals surface area contributed by atoms with Crippen LogP contribution in [-0.4, -0.2) is 50.9 Å². The molecular weight excluding hydrogens is 426 g/mol. The van der Waals surface area contributed by atoms with Crippen LogP contribution >= 0.6 is 11.3 Å². The van der Waals surface area contributed by atoms with Gasteiger partial charge in [0.05, 0.1) is 18.1 Å². The molecule has 0 saturated carbocycles. The standard InChI is InChI=1S/C20H19N3O7S/c1-30-12-4-2-3-9-7-23(18(25)14(9)12)8-10-5-11-13(6-21-10)31-17(15(11)19(26)27)22-16(24)20(28)29/h2-4,7,10,21,25H,5-6,8H2,1H3,(H,22,24)(H,26,27)(H,28,29)/t10-/m1/s1. The van der Waals surface area contributed by atoms with E-state index in [1.165, 1.54) is 7.11 Å². The maximum Gasteiger partial charge on any atom is 0.394 e. The highest BCUT2D eigenvalue weighted by Gasteiger charge is 2.31. The van der Waals surface area contributed by atoms with Crippen molar-refractivity contribution in [2.45, 2.75) is 25.6 Å². The first-order chi connectivity index (χ1) is 14.8. The van der Waals surface area contributed by atoms with E-state index >= 15 is 0 Å². The Labute approximate surface area is 179 Å². The number of aromatic hydroxyl groups is 1. The quantitative estimate of drug-likeness (QED) is 0.374. The Morgan fingerprint density at radius 3 is 2.77 bits per heavy atom. The molecule has 1 aliphatic heterocycles. The van der Waals surface area contributed by atoms with Crippen LogP contribution in [0.5, 0.6) is 11.6 Å². The van der Waals surface area contributed by atoms with Crippen LogP contribution in [0.25, 0.3) is 10.8 Å². The average molecular weight is 445 g/mol. The summed E-state index contributed by atoms with van der Waals surface area (Å²) >= 11 is 1.04. The molecule has 0 saturated heterocycles. The van der Waals surface area contributed by atoms with E-state index < -0.39 is 17.8 Å². The number of benzene rings is 1. The number of carbonyl (C=O) groups excluding carboxylic acids is 1. The first-order valence-corrected chi connectivity index (χ1v) is 10.1. The van der Waals surface area contributed by atoms with E-state index in [0.29, 0.717) is 36.2 Å². The molecule has 4 rings (SSSR count). The Bertz CT molecular complexity index is 1210. The highest BCUT2D eigenvalue weighted by atomic mass is 32.1. The van der Waals surface area contributed by atoms with Gasteiger partial charge in [0.2, 0.25) is 5.88 Å². The molecule has 1 amide bonds. The molecule has 0 fully saturated rings. The van der Waals surface area contributed by atoms with Crippen molar-refractivity contribution in [3.63, 3.8) is 0 Å². The van der Waals surface area contributed by atoms with Gasteiger partial charge in [-0.2, -0.15) is 0 Å². The normalized spacial score (nSPS) is 15.5. The maximum absolute atomic E-state index is 11.8. The molecule has 0 radical (unpaired) electrons. The van der Waals surface area contributed by atoms with Crippen LogP contribution in [0.3, 0.4) is 0 Å². The lowest BCUT2D eigenvalue weighted by molar-refractivity contribution is -0.147. The number of aliphatic carboxylic acids is 1. The monoisotopic (exact) mass is 445 g/mol. The lowest BCUT2D eigenvalue weighted by atomic mass is 9.98. The van der Waals surface area contributed by atoms with Gasteiger partial charge < -0.3 is 35.3 Å². The minimum absolute atomic E-state index is 0.00614. The Kier molecular flexibility index (Phi) is 5.29. The van der Waals surface area contributed by atoms with Gasteiger partial charge in [-0.05, 0) is 18.1 Å². The number of ether oxygens (including phenoxy) is 1. The predicted octanol–water partition coefficient (Wildman–Crippen LogP) is 1.85. The summed E-state index contributed by atoms with van der Waals surface area (Å²) in [6.07, 6.45) is 2.14. The molecular formula is C20H19N3O7S. The number of anilines is 1. The zero-order valence-corrected chi connectivity index (χ0v) is 17.2. The minimum Gasteiger partial charge on any atom is -0.496 e. The molecule has 0 bridgehead atoms. The number of rotatable bonds is 5. The van der Waals surface area contributed by atoms with Crippen molar-refractivity contribution in [3.8, 4) is 11.6 Å². The summed E-state index contributed by atoms with van der Waals surface area (Å²) in [6.45, 7) is 0.730. The number of thiophene rings is 1. The third-order valence-electron chi connectivity index (χ3n) is 5.21. The third kappa shape index (κ3) is 3.68. The fourth-order valence-electron chi connectivity index (χ4n) is 3.84. The van der Waals surface area contributed by atoms with Gasteiger partial charge in [0, 0.05) is 35.6 Å². The van der Waals surface area contributed by atoms with Gasteiger partial charge >= 0.3 is 17.8 Å². The molecule has 1 aliphatic rings. The van der Waals surface area contributed by atoms with E-state index in [9.17, 15) is 24.6 Å². The third-order valence-corrected chi connectivity index (χ3v) is 6.36. The second kappa shape index (κ2) is 7.93.